The summed E-state index contributed by atoms with van der Waals surface area (Å²) >= 11 is 0. The fourth-order valence-electron chi connectivity index (χ4n) is 2.13. The van der Waals surface area contributed by atoms with Crippen molar-refractivity contribution < 1.29 is 18.3 Å². The molecule has 0 aliphatic carbocycles. The Morgan fingerprint density at radius 1 is 1.10 bits per heavy atom. The molecular formula is C15H17NO4S. The first kappa shape index (κ1) is 15.5. The van der Waals surface area contributed by atoms with Gasteiger partial charge < -0.3 is 5.11 Å². The van der Waals surface area contributed by atoms with Crippen molar-refractivity contribution in [3.63, 3.8) is 0 Å². The highest BCUT2D eigenvalue weighted by molar-refractivity contribution is 7.89. The molecule has 0 saturated heterocycles. The topological polar surface area (TPSA) is 83.5 Å². The van der Waals surface area contributed by atoms with Gasteiger partial charge in [-0.3, -0.25) is 4.79 Å². The Labute approximate surface area is 123 Å². The third kappa shape index (κ3) is 3.22. The smallest absolute Gasteiger partial charge is 0.322 e. The van der Waals surface area contributed by atoms with Crippen LogP contribution < -0.4 is 4.72 Å². The van der Waals surface area contributed by atoms with E-state index < -0.39 is 22.0 Å². The molecular weight excluding hydrogens is 290 g/mol. The molecule has 0 radical (unpaired) electrons. The fourth-order valence-corrected chi connectivity index (χ4v) is 3.70. The standard InChI is InChI=1S/C15H17NO4S/c1-10(2)14(15(17)18)16-21(19,20)13-9-5-7-11-6-3-4-8-12(11)13/h3-10,14,16H,1-2H3,(H,17,18). The summed E-state index contributed by atoms with van der Waals surface area (Å²) in [4.78, 5) is 11.3. The minimum atomic E-state index is -3.91. The lowest BCUT2D eigenvalue weighted by Gasteiger charge is -2.18. The summed E-state index contributed by atoms with van der Waals surface area (Å²) in [6.07, 6.45) is 0. The van der Waals surface area contributed by atoms with Crippen LogP contribution in [0.25, 0.3) is 10.8 Å². The van der Waals surface area contributed by atoms with Gasteiger partial charge in [0.25, 0.3) is 0 Å². The predicted molar refractivity (Wildman–Crippen MR) is 80.5 cm³/mol. The van der Waals surface area contributed by atoms with Gasteiger partial charge in [0, 0.05) is 5.39 Å². The predicted octanol–water partition coefficient (Wildman–Crippen LogP) is 2.23. The van der Waals surface area contributed by atoms with Crippen molar-refractivity contribution in [1.82, 2.24) is 4.72 Å². The first-order valence-corrected chi connectivity index (χ1v) is 8.04. The van der Waals surface area contributed by atoms with E-state index in [1.165, 1.54) is 6.07 Å². The van der Waals surface area contributed by atoms with Crippen LogP contribution in [-0.4, -0.2) is 25.5 Å². The molecule has 6 heteroatoms. The summed E-state index contributed by atoms with van der Waals surface area (Å²) in [5, 5.41) is 10.5. The van der Waals surface area contributed by atoms with Crippen LogP contribution in [0.3, 0.4) is 0 Å². The van der Waals surface area contributed by atoms with Crippen molar-refractivity contribution in [2.24, 2.45) is 5.92 Å². The second-order valence-electron chi connectivity index (χ2n) is 5.16. The van der Waals surface area contributed by atoms with E-state index in [-0.39, 0.29) is 10.8 Å². The molecule has 2 N–H and O–H groups in total. The number of carbonyl (C=O) groups is 1. The lowest BCUT2D eigenvalue weighted by Crippen LogP contribution is -2.44. The Kier molecular flexibility index (Phi) is 4.29. The molecule has 21 heavy (non-hydrogen) atoms. The van der Waals surface area contributed by atoms with E-state index in [4.69, 9.17) is 5.11 Å². The summed E-state index contributed by atoms with van der Waals surface area (Å²) in [6.45, 7) is 3.31. The number of hydrogen-bond acceptors (Lipinski definition) is 3. The summed E-state index contributed by atoms with van der Waals surface area (Å²) < 4.78 is 27.3. The van der Waals surface area contributed by atoms with Gasteiger partial charge in [0.2, 0.25) is 10.0 Å². The van der Waals surface area contributed by atoms with Crippen molar-refractivity contribution in [2.45, 2.75) is 24.8 Å². The monoisotopic (exact) mass is 307 g/mol. The van der Waals surface area contributed by atoms with E-state index in [1.807, 2.05) is 18.2 Å². The maximum atomic E-state index is 12.5. The molecule has 2 aromatic rings. The van der Waals surface area contributed by atoms with E-state index in [0.717, 1.165) is 5.39 Å². The van der Waals surface area contributed by atoms with Gasteiger partial charge in [-0.2, -0.15) is 4.72 Å². The number of benzene rings is 2. The van der Waals surface area contributed by atoms with Crippen LogP contribution in [0.4, 0.5) is 0 Å². The van der Waals surface area contributed by atoms with E-state index in [9.17, 15) is 13.2 Å². The fraction of sp³-hybridized carbons (Fsp3) is 0.267. The highest BCUT2D eigenvalue weighted by atomic mass is 32.2. The molecule has 112 valence electrons. The second kappa shape index (κ2) is 5.83. The summed E-state index contributed by atoms with van der Waals surface area (Å²) in [5.74, 6) is -1.54. The van der Waals surface area contributed by atoms with Crippen molar-refractivity contribution in [3.8, 4) is 0 Å². The van der Waals surface area contributed by atoms with Gasteiger partial charge in [-0.15, -0.1) is 0 Å². The van der Waals surface area contributed by atoms with Crippen LogP contribution >= 0.6 is 0 Å². The Morgan fingerprint density at radius 2 is 1.71 bits per heavy atom. The molecule has 2 aromatic carbocycles. The van der Waals surface area contributed by atoms with Crippen LogP contribution in [0.5, 0.6) is 0 Å². The second-order valence-corrected chi connectivity index (χ2v) is 6.84. The minimum Gasteiger partial charge on any atom is -0.480 e. The van der Waals surface area contributed by atoms with Crippen LogP contribution in [0.15, 0.2) is 47.4 Å². The molecule has 0 aliphatic heterocycles. The number of sulfonamides is 1. The largest absolute Gasteiger partial charge is 0.480 e. The number of rotatable bonds is 5. The molecule has 1 unspecified atom stereocenters. The molecule has 0 fully saturated rings. The van der Waals surface area contributed by atoms with Crippen LogP contribution in [0.2, 0.25) is 0 Å². The normalized spacial score (nSPS) is 13.5. The molecule has 1 atom stereocenters. The highest BCUT2D eigenvalue weighted by Gasteiger charge is 2.28. The van der Waals surface area contributed by atoms with Crippen LogP contribution in [0.1, 0.15) is 13.8 Å². The molecule has 0 aliphatic rings. The number of aliphatic carboxylic acids is 1. The van der Waals surface area contributed by atoms with Gasteiger partial charge in [0.05, 0.1) is 4.90 Å². The highest BCUT2D eigenvalue weighted by Crippen LogP contribution is 2.23. The van der Waals surface area contributed by atoms with Crippen molar-refractivity contribution >= 4 is 26.8 Å². The Bertz CT molecular complexity index is 763. The zero-order chi connectivity index (χ0) is 15.6. The van der Waals surface area contributed by atoms with Gasteiger partial charge in [-0.1, -0.05) is 50.2 Å². The molecule has 0 bridgehead atoms. The average Bonchev–Trinajstić information content (AvgIpc) is 2.43. The SMILES string of the molecule is CC(C)C(NS(=O)(=O)c1cccc2ccccc12)C(=O)O. The lowest BCUT2D eigenvalue weighted by molar-refractivity contribution is -0.140. The Morgan fingerprint density at radius 3 is 2.33 bits per heavy atom. The lowest BCUT2D eigenvalue weighted by atomic mass is 10.1. The molecule has 0 heterocycles. The maximum Gasteiger partial charge on any atom is 0.322 e. The number of carboxylic acid groups (broad SMARTS) is 1. The van der Waals surface area contributed by atoms with Gasteiger partial charge in [-0.05, 0) is 17.4 Å². The number of nitrogens with one attached hydrogen (secondary N) is 1. The quantitative estimate of drug-likeness (QED) is 0.887. The Balaban J connectivity index is 2.50. The van der Waals surface area contributed by atoms with Crippen molar-refractivity contribution in [2.75, 3.05) is 0 Å². The third-order valence-corrected chi connectivity index (χ3v) is 4.75. The average molecular weight is 307 g/mol. The zero-order valence-electron chi connectivity index (χ0n) is 11.8. The number of fused-ring (bicyclic) bond motifs is 1. The summed E-state index contributed by atoms with van der Waals surface area (Å²) in [5.41, 5.74) is 0. The molecule has 0 saturated carbocycles. The first-order chi connectivity index (χ1) is 9.83. The summed E-state index contributed by atoms with van der Waals surface area (Å²) in [7, 11) is -3.91. The molecule has 0 spiro atoms. The Hall–Kier alpha value is -1.92. The van der Waals surface area contributed by atoms with E-state index in [0.29, 0.717) is 5.39 Å². The van der Waals surface area contributed by atoms with Crippen molar-refractivity contribution in [1.29, 1.82) is 0 Å². The van der Waals surface area contributed by atoms with E-state index in [2.05, 4.69) is 4.72 Å². The van der Waals surface area contributed by atoms with Gasteiger partial charge in [0.1, 0.15) is 6.04 Å². The molecule has 5 nitrogen and oxygen atoms in total. The van der Waals surface area contributed by atoms with Gasteiger partial charge >= 0.3 is 5.97 Å². The number of carboxylic acids is 1. The third-order valence-electron chi connectivity index (χ3n) is 3.25. The molecule has 2 rings (SSSR count). The molecule has 0 aromatic heterocycles. The van der Waals surface area contributed by atoms with Crippen LogP contribution in [0, 0.1) is 5.92 Å². The van der Waals surface area contributed by atoms with Gasteiger partial charge in [0.15, 0.2) is 0 Å². The first-order valence-electron chi connectivity index (χ1n) is 6.56. The van der Waals surface area contributed by atoms with Gasteiger partial charge in [-0.25, -0.2) is 8.42 Å². The zero-order valence-corrected chi connectivity index (χ0v) is 12.6. The maximum absolute atomic E-state index is 12.5. The van der Waals surface area contributed by atoms with E-state index in [1.54, 1.807) is 32.0 Å². The van der Waals surface area contributed by atoms with Crippen LogP contribution in [-0.2, 0) is 14.8 Å². The minimum absolute atomic E-state index is 0.0903. The van der Waals surface area contributed by atoms with E-state index >= 15 is 0 Å². The summed E-state index contributed by atoms with van der Waals surface area (Å²) in [6, 6.07) is 10.9. The van der Waals surface area contributed by atoms with Crippen molar-refractivity contribution in [3.05, 3.63) is 42.5 Å². The number of hydrogen-bond donors (Lipinski definition) is 2. The molecule has 0 amide bonds.